The van der Waals surface area contributed by atoms with Crippen LogP contribution in [0, 0.1) is 0 Å². The van der Waals surface area contributed by atoms with Crippen LogP contribution in [0.1, 0.15) is 39.1 Å². The lowest BCUT2D eigenvalue weighted by Crippen LogP contribution is -2.22. The second kappa shape index (κ2) is 7.00. The number of hydrogen-bond donors (Lipinski definition) is 1. The summed E-state index contributed by atoms with van der Waals surface area (Å²) in [5.41, 5.74) is 0.929. The Morgan fingerprint density at radius 1 is 1.25 bits per heavy atom. The molecule has 1 unspecified atom stereocenters. The Hall–Kier alpha value is -1.95. The second-order valence-corrected chi connectivity index (χ2v) is 4.55. The lowest BCUT2D eigenvalue weighted by Gasteiger charge is -2.13. The van der Waals surface area contributed by atoms with E-state index in [4.69, 9.17) is 4.74 Å². The van der Waals surface area contributed by atoms with E-state index in [9.17, 15) is 0 Å². The van der Waals surface area contributed by atoms with E-state index in [1.54, 1.807) is 4.68 Å². The average molecular weight is 275 g/mol. The molecule has 0 amide bonds. The number of benzene rings is 1. The summed E-state index contributed by atoms with van der Waals surface area (Å²) in [6.45, 7) is 7.76. The predicted octanol–water partition coefficient (Wildman–Crippen LogP) is 2.12. The maximum atomic E-state index is 5.44. The van der Waals surface area contributed by atoms with Gasteiger partial charge in [-0.3, -0.25) is 0 Å². The number of nitrogens with one attached hydrogen (secondary N) is 1. The molecule has 1 heterocycles. The van der Waals surface area contributed by atoms with Crippen molar-refractivity contribution >= 4 is 0 Å². The van der Waals surface area contributed by atoms with Gasteiger partial charge in [-0.15, -0.1) is 5.10 Å². The molecule has 2 aromatic rings. The van der Waals surface area contributed by atoms with E-state index < -0.39 is 0 Å². The van der Waals surface area contributed by atoms with Crippen molar-refractivity contribution in [3.05, 3.63) is 30.1 Å². The molecular formula is C14H21N5O. The number of nitrogens with zero attached hydrogens (tertiary/aromatic N) is 4. The predicted molar refractivity (Wildman–Crippen MR) is 77.0 cm³/mol. The third-order valence-corrected chi connectivity index (χ3v) is 2.97. The van der Waals surface area contributed by atoms with Gasteiger partial charge < -0.3 is 10.1 Å². The Kier molecular flexibility index (Phi) is 5.06. The maximum Gasteiger partial charge on any atom is 0.173 e. The molecule has 0 aliphatic heterocycles. The molecule has 20 heavy (non-hydrogen) atoms. The van der Waals surface area contributed by atoms with Crippen LogP contribution in [0.5, 0.6) is 5.75 Å². The summed E-state index contributed by atoms with van der Waals surface area (Å²) in [5.74, 6) is 1.66. The van der Waals surface area contributed by atoms with Crippen LogP contribution in [-0.2, 0) is 0 Å². The third kappa shape index (κ3) is 3.33. The number of hydrogen-bond acceptors (Lipinski definition) is 5. The van der Waals surface area contributed by atoms with E-state index in [1.165, 1.54) is 0 Å². The van der Waals surface area contributed by atoms with Gasteiger partial charge in [0.05, 0.1) is 18.3 Å². The Morgan fingerprint density at radius 3 is 2.65 bits per heavy atom. The molecule has 1 N–H and O–H groups in total. The molecule has 0 aliphatic rings. The summed E-state index contributed by atoms with van der Waals surface area (Å²) in [5, 5.41) is 15.3. The monoisotopic (exact) mass is 275 g/mol. The summed E-state index contributed by atoms with van der Waals surface area (Å²) in [7, 11) is 0. The molecule has 0 bridgehead atoms. The Labute approximate surface area is 119 Å². The van der Waals surface area contributed by atoms with Crippen LogP contribution in [0.25, 0.3) is 5.69 Å². The van der Waals surface area contributed by atoms with E-state index in [2.05, 4.69) is 34.7 Å². The number of ether oxygens (including phenoxy) is 1. The van der Waals surface area contributed by atoms with Gasteiger partial charge in [-0.1, -0.05) is 6.92 Å². The summed E-state index contributed by atoms with van der Waals surface area (Å²) < 4.78 is 7.19. The minimum absolute atomic E-state index is 0.108. The fraction of sp³-hybridized carbons (Fsp3) is 0.500. The number of tetrazole rings is 1. The highest BCUT2D eigenvalue weighted by atomic mass is 16.5. The molecular weight excluding hydrogens is 254 g/mol. The molecule has 0 saturated carbocycles. The molecule has 0 radical (unpaired) electrons. The van der Waals surface area contributed by atoms with Crippen molar-refractivity contribution in [1.29, 1.82) is 0 Å². The smallest absolute Gasteiger partial charge is 0.173 e. The first kappa shape index (κ1) is 14.5. The van der Waals surface area contributed by atoms with Gasteiger partial charge in [0.1, 0.15) is 5.75 Å². The molecule has 0 saturated heterocycles. The number of rotatable bonds is 7. The summed E-state index contributed by atoms with van der Waals surface area (Å²) >= 11 is 0. The van der Waals surface area contributed by atoms with Gasteiger partial charge in [-0.2, -0.15) is 4.68 Å². The zero-order valence-corrected chi connectivity index (χ0v) is 12.2. The molecule has 0 aliphatic carbocycles. The highest BCUT2D eigenvalue weighted by Crippen LogP contribution is 2.17. The third-order valence-electron chi connectivity index (χ3n) is 2.97. The Bertz CT molecular complexity index is 523. The van der Waals surface area contributed by atoms with Crippen LogP contribution < -0.4 is 10.1 Å². The van der Waals surface area contributed by atoms with Gasteiger partial charge in [0.2, 0.25) is 0 Å². The maximum absolute atomic E-state index is 5.44. The molecule has 1 atom stereocenters. The lowest BCUT2D eigenvalue weighted by molar-refractivity contribution is 0.340. The zero-order chi connectivity index (χ0) is 14.4. The number of aromatic nitrogens is 4. The van der Waals surface area contributed by atoms with Gasteiger partial charge in [-0.05, 0) is 61.5 Å². The fourth-order valence-corrected chi connectivity index (χ4v) is 1.95. The highest BCUT2D eigenvalue weighted by Gasteiger charge is 2.14. The van der Waals surface area contributed by atoms with E-state index >= 15 is 0 Å². The van der Waals surface area contributed by atoms with Crippen molar-refractivity contribution in [3.63, 3.8) is 0 Å². The van der Waals surface area contributed by atoms with Gasteiger partial charge in [-0.25, -0.2) is 0 Å². The van der Waals surface area contributed by atoms with Crippen molar-refractivity contribution in [3.8, 4) is 11.4 Å². The van der Waals surface area contributed by atoms with Gasteiger partial charge in [0, 0.05) is 0 Å². The minimum atomic E-state index is 0.108. The first-order valence-electron chi connectivity index (χ1n) is 7.01. The van der Waals surface area contributed by atoms with E-state index in [0.717, 1.165) is 30.2 Å². The topological polar surface area (TPSA) is 64.9 Å². The average Bonchev–Trinajstić information content (AvgIpc) is 2.95. The quantitative estimate of drug-likeness (QED) is 0.838. The van der Waals surface area contributed by atoms with Crippen molar-refractivity contribution in [2.45, 2.75) is 33.2 Å². The first-order valence-corrected chi connectivity index (χ1v) is 7.01. The van der Waals surface area contributed by atoms with E-state index in [0.29, 0.717) is 6.61 Å². The molecule has 1 aromatic carbocycles. The summed E-state index contributed by atoms with van der Waals surface area (Å²) in [4.78, 5) is 0. The molecule has 0 fully saturated rings. The van der Waals surface area contributed by atoms with Gasteiger partial charge in [0.25, 0.3) is 0 Å². The normalized spacial score (nSPS) is 12.3. The molecule has 1 aromatic heterocycles. The van der Waals surface area contributed by atoms with Crippen LogP contribution in [0.15, 0.2) is 24.3 Å². The van der Waals surface area contributed by atoms with Crippen LogP contribution in [-0.4, -0.2) is 33.4 Å². The molecule has 6 heteroatoms. The second-order valence-electron chi connectivity index (χ2n) is 4.55. The van der Waals surface area contributed by atoms with Crippen molar-refractivity contribution in [2.75, 3.05) is 13.2 Å². The SMILES string of the molecule is CCCNC(C)c1nnnn1-c1ccc(OCC)cc1. The minimum Gasteiger partial charge on any atom is -0.494 e. The molecule has 6 nitrogen and oxygen atoms in total. The largest absolute Gasteiger partial charge is 0.494 e. The Morgan fingerprint density at radius 2 is 2.00 bits per heavy atom. The summed E-state index contributed by atoms with van der Waals surface area (Å²) in [6.07, 6.45) is 1.08. The van der Waals surface area contributed by atoms with Crippen LogP contribution >= 0.6 is 0 Å². The van der Waals surface area contributed by atoms with Crippen LogP contribution in [0.2, 0.25) is 0 Å². The molecule has 0 spiro atoms. The van der Waals surface area contributed by atoms with E-state index in [-0.39, 0.29) is 6.04 Å². The highest BCUT2D eigenvalue weighted by molar-refractivity contribution is 5.37. The zero-order valence-electron chi connectivity index (χ0n) is 12.2. The van der Waals surface area contributed by atoms with Crippen LogP contribution in [0.4, 0.5) is 0 Å². The van der Waals surface area contributed by atoms with Gasteiger partial charge in [0.15, 0.2) is 5.82 Å². The van der Waals surface area contributed by atoms with Crippen molar-refractivity contribution in [2.24, 2.45) is 0 Å². The van der Waals surface area contributed by atoms with Gasteiger partial charge >= 0.3 is 0 Å². The standard InChI is InChI=1S/C14H21N5O/c1-4-10-15-11(3)14-16-17-18-19(14)12-6-8-13(9-7-12)20-5-2/h6-9,11,15H,4-5,10H2,1-3H3. The van der Waals surface area contributed by atoms with Crippen molar-refractivity contribution in [1.82, 2.24) is 25.5 Å². The van der Waals surface area contributed by atoms with E-state index in [1.807, 2.05) is 31.2 Å². The Balaban J connectivity index is 2.18. The van der Waals surface area contributed by atoms with Crippen molar-refractivity contribution < 1.29 is 4.74 Å². The fourth-order valence-electron chi connectivity index (χ4n) is 1.95. The lowest BCUT2D eigenvalue weighted by atomic mass is 10.2. The summed E-state index contributed by atoms with van der Waals surface area (Å²) in [6, 6.07) is 7.87. The molecule has 108 valence electrons. The molecule has 2 rings (SSSR count). The first-order chi connectivity index (χ1) is 9.76. The van der Waals surface area contributed by atoms with Crippen LogP contribution in [0.3, 0.4) is 0 Å².